The van der Waals surface area contributed by atoms with E-state index in [0.29, 0.717) is 11.6 Å². The molecule has 0 heterocycles. The van der Waals surface area contributed by atoms with E-state index in [2.05, 4.69) is 6.58 Å². The predicted octanol–water partition coefficient (Wildman–Crippen LogP) is 3.20. The van der Waals surface area contributed by atoms with E-state index in [-0.39, 0.29) is 6.54 Å². The molecule has 17 heavy (non-hydrogen) atoms. The molecule has 0 radical (unpaired) electrons. The fourth-order valence-corrected chi connectivity index (χ4v) is 1.56. The Bertz CT molecular complexity index is 400. The first-order valence-corrected chi connectivity index (χ1v) is 5.79. The van der Waals surface area contributed by atoms with Gasteiger partial charge in [-0.15, -0.1) is 0 Å². The van der Waals surface area contributed by atoms with Crippen molar-refractivity contribution < 1.29 is 9.90 Å². The topological polar surface area (TPSA) is 40.5 Å². The maximum Gasteiger partial charge on any atom is 0.323 e. The molecule has 0 aliphatic carbocycles. The average molecular weight is 254 g/mol. The van der Waals surface area contributed by atoms with Crippen molar-refractivity contribution >= 4 is 23.3 Å². The summed E-state index contributed by atoms with van der Waals surface area (Å²) in [5, 5.41) is 9.53. The van der Waals surface area contributed by atoms with E-state index in [0.717, 1.165) is 17.7 Å². The lowest BCUT2D eigenvalue weighted by Gasteiger charge is -2.23. The third kappa shape index (κ3) is 4.49. The molecule has 1 aromatic carbocycles. The minimum atomic E-state index is -0.858. The molecule has 0 amide bonds. The fraction of sp³-hybridized carbons (Fsp3) is 0.308. The molecule has 0 atom stereocenters. The van der Waals surface area contributed by atoms with E-state index >= 15 is 0 Å². The zero-order valence-electron chi connectivity index (χ0n) is 9.82. The van der Waals surface area contributed by atoms with Gasteiger partial charge in [-0.05, 0) is 30.7 Å². The van der Waals surface area contributed by atoms with E-state index in [1.54, 1.807) is 17.0 Å². The van der Waals surface area contributed by atoms with Crippen molar-refractivity contribution in [2.75, 3.05) is 18.0 Å². The lowest BCUT2D eigenvalue weighted by Crippen LogP contribution is -2.31. The Morgan fingerprint density at radius 1 is 1.35 bits per heavy atom. The van der Waals surface area contributed by atoms with E-state index < -0.39 is 5.97 Å². The van der Waals surface area contributed by atoms with Crippen molar-refractivity contribution in [2.45, 2.75) is 13.3 Å². The molecule has 0 aromatic heterocycles. The largest absolute Gasteiger partial charge is 0.480 e. The van der Waals surface area contributed by atoms with Crippen LogP contribution in [0.15, 0.2) is 36.4 Å². The van der Waals surface area contributed by atoms with Gasteiger partial charge in [0.05, 0.1) is 0 Å². The monoisotopic (exact) mass is 253 g/mol. The third-order valence-electron chi connectivity index (χ3n) is 2.43. The Hall–Kier alpha value is -1.48. The molecule has 0 spiro atoms. The summed E-state index contributed by atoms with van der Waals surface area (Å²) >= 11 is 5.80. The molecular weight excluding hydrogens is 238 g/mol. The van der Waals surface area contributed by atoms with Crippen LogP contribution in [0.4, 0.5) is 5.69 Å². The van der Waals surface area contributed by atoms with Gasteiger partial charge in [0.1, 0.15) is 6.54 Å². The summed E-state index contributed by atoms with van der Waals surface area (Å²) in [6, 6.07) is 7.13. The second-order valence-electron chi connectivity index (χ2n) is 3.83. The number of halogens is 1. The van der Waals surface area contributed by atoms with E-state index in [1.807, 2.05) is 19.1 Å². The van der Waals surface area contributed by atoms with Crippen LogP contribution in [0.25, 0.3) is 0 Å². The molecule has 4 heteroatoms. The van der Waals surface area contributed by atoms with Crippen LogP contribution in [0, 0.1) is 0 Å². The van der Waals surface area contributed by atoms with Crippen molar-refractivity contribution in [2.24, 2.45) is 0 Å². The van der Waals surface area contributed by atoms with Crippen LogP contribution in [-0.2, 0) is 4.79 Å². The number of carboxylic acids is 1. The molecule has 1 N–H and O–H groups in total. The van der Waals surface area contributed by atoms with Gasteiger partial charge >= 0.3 is 5.97 Å². The summed E-state index contributed by atoms with van der Waals surface area (Å²) in [6.07, 6.45) is 0.837. The molecule has 0 bridgehead atoms. The Kier molecular flexibility index (Phi) is 5.04. The van der Waals surface area contributed by atoms with Crippen molar-refractivity contribution in [3.8, 4) is 0 Å². The first kappa shape index (κ1) is 13.6. The van der Waals surface area contributed by atoms with Gasteiger partial charge in [0, 0.05) is 17.3 Å². The molecular formula is C13H16ClNO2. The quantitative estimate of drug-likeness (QED) is 0.792. The van der Waals surface area contributed by atoms with Gasteiger partial charge in [0.25, 0.3) is 0 Å². The Morgan fingerprint density at radius 3 is 2.41 bits per heavy atom. The first-order chi connectivity index (χ1) is 8.02. The summed E-state index contributed by atoms with van der Waals surface area (Å²) in [4.78, 5) is 12.6. The van der Waals surface area contributed by atoms with Crippen LogP contribution < -0.4 is 4.90 Å². The van der Waals surface area contributed by atoms with Gasteiger partial charge in [0.15, 0.2) is 0 Å². The number of benzene rings is 1. The summed E-state index contributed by atoms with van der Waals surface area (Å²) in [7, 11) is 0. The zero-order valence-corrected chi connectivity index (χ0v) is 10.6. The predicted molar refractivity (Wildman–Crippen MR) is 70.7 cm³/mol. The number of hydrogen-bond acceptors (Lipinski definition) is 2. The molecule has 0 unspecified atom stereocenters. The Balaban J connectivity index is 2.85. The number of rotatable bonds is 6. The summed E-state index contributed by atoms with van der Waals surface area (Å²) in [5.74, 6) is -0.858. The highest BCUT2D eigenvalue weighted by Gasteiger charge is 2.11. The van der Waals surface area contributed by atoms with E-state index in [1.165, 1.54) is 0 Å². The normalized spacial score (nSPS) is 10.0. The van der Waals surface area contributed by atoms with Crippen LogP contribution in [0.5, 0.6) is 0 Å². The number of anilines is 1. The lowest BCUT2D eigenvalue weighted by molar-refractivity contribution is -0.135. The van der Waals surface area contributed by atoms with Gasteiger partial charge in [0.2, 0.25) is 0 Å². The number of nitrogens with zero attached hydrogens (tertiary/aromatic N) is 1. The van der Waals surface area contributed by atoms with Crippen LogP contribution >= 0.6 is 11.6 Å². The number of aliphatic carboxylic acids is 1. The Labute approximate surface area is 106 Å². The zero-order chi connectivity index (χ0) is 12.8. The maximum atomic E-state index is 10.8. The smallest absolute Gasteiger partial charge is 0.323 e. The van der Waals surface area contributed by atoms with Crippen molar-refractivity contribution in [1.29, 1.82) is 0 Å². The highest BCUT2D eigenvalue weighted by atomic mass is 35.5. The van der Waals surface area contributed by atoms with Crippen LogP contribution in [0.2, 0.25) is 5.02 Å². The van der Waals surface area contributed by atoms with E-state index in [9.17, 15) is 4.79 Å². The fourth-order valence-electron chi connectivity index (χ4n) is 1.44. The second kappa shape index (κ2) is 6.30. The molecule has 0 aliphatic rings. The highest BCUT2D eigenvalue weighted by molar-refractivity contribution is 6.30. The molecule has 0 saturated carbocycles. The van der Waals surface area contributed by atoms with Crippen LogP contribution in [0.3, 0.4) is 0 Å². The molecule has 0 fully saturated rings. The van der Waals surface area contributed by atoms with Crippen molar-refractivity contribution in [3.05, 3.63) is 41.4 Å². The second-order valence-corrected chi connectivity index (χ2v) is 4.27. The van der Waals surface area contributed by atoms with Gasteiger partial charge in [-0.1, -0.05) is 30.7 Å². The third-order valence-corrected chi connectivity index (χ3v) is 2.68. The molecule has 1 aromatic rings. The minimum absolute atomic E-state index is 0.0410. The highest BCUT2D eigenvalue weighted by Crippen LogP contribution is 2.19. The minimum Gasteiger partial charge on any atom is -0.480 e. The summed E-state index contributed by atoms with van der Waals surface area (Å²) < 4.78 is 0. The Morgan fingerprint density at radius 2 is 1.94 bits per heavy atom. The standard InChI is InChI=1S/C13H16ClNO2/c1-3-10(2)8-15(9-13(16)17)12-6-4-11(14)5-7-12/h4-7H,2-3,8-9H2,1H3,(H,16,17). The van der Waals surface area contributed by atoms with Crippen molar-refractivity contribution in [1.82, 2.24) is 0 Å². The number of hydrogen-bond donors (Lipinski definition) is 1. The summed E-state index contributed by atoms with van der Waals surface area (Å²) in [6.45, 7) is 6.41. The van der Waals surface area contributed by atoms with Gasteiger partial charge < -0.3 is 10.0 Å². The maximum absolute atomic E-state index is 10.8. The molecule has 0 aliphatic heterocycles. The van der Waals surface area contributed by atoms with Gasteiger partial charge in [-0.25, -0.2) is 0 Å². The van der Waals surface area contributed by atoms with Crippen molar-refractivity contribution in [3.63, 3.8) is 0 Å². The van der Waals surface area contributed by atoms with Gasteiger partial charge in [-0.2, -0.15) is 0 Å². The lowest BCUT2D eigenvalue weighted by atomic mass is 10.2. The SMILES string of the molecule is C=C(CC)CN(CC(=O)O)c1ccc(Cl)cc1. The average Bonchev–Trinajstić information content (AvgIpc) is 2.28. The summed E-state index contributed by atoms with van der Waals surface area (Å²) in [5.41, 5.74) is 1.84. The number of carboxylic acid groups (broad SMARTS) is 1. The van der Waals surface area contributed by atoms with Gasteiger partial charge in [-0.3, -0.25) is 4.79 Å². The molecule has 92 valence electrons. The van der Waals surface area contributed by atoms with Crippen LogP contribution in [0.1, 0.15) is 13.3 Å². The number of carbonyl (C=O) groups is 1. The molecule has 3 nitrogen and oxygen atoms in total. The first-order valence-electron chi connectivity index (χ1n) is 5.42. The molecule has 1 rings (SSSR count). The van der Waals surface area contributed by atoms with Crippen LogP contribution in [-0.4, -0.2) is 24.2 Å². The molecule has 0 saturated heterocycles. The van der Waals surface area contributed by atoms with E-state index in [4.69, 9.17) is 16.7 Å².